The molecule has 1 fully saturated rings. The summed E-state index contributed by atoms with van der Waals surface area (Å²) < 4.78 is 10.7. The molecule has 0 atom stereocenters. The van der Waals surface area contributed by atoms with E-state index in [1.165, 1.54) is 11.1 Å². The predicted molar refractivity (Wildman–Crippen MR) is 143 cm³/mol. The highest BCUT2D eigenvalue weighted by molar-refractivity contribution is 14.0. The van der Waals surface area contributed by atoms with Gasteiger partial charge in [-0.25, -0.2) is 0 Å². The molecule has 0 aliphatic carbocycles. The predicted octanol–water partition coefficient (Wildman–Crippen LogP) is 4.08. The summed E-state index contributed by atoms with van der Waals surface area (Å²) in [6, 6.07) is 17.2. The van der Waals surface area contributed by atoms with Crippen LogP contribution in [0.2, 0.25) is 0 Å². The Kier molecular flexibility index (Phi) is 11.7. The molecule has 6 nitrogen and oxygen atoms in total. The lowest BCUT2D eigenvalue weighted by molar-refractivity contribution is 0.198. The van der Waals surface area contributed by atoms with E-state index in [1.807, 2.05) is 12.1 Å². The minimum Gasteiger partial charge on any atom is -0.493 e. The van der Waals surface area contributed by atoms with Crippen LogP contribution in [0.1, 0.15) is 30.9 Å². The van der Waals surface area contributed by atoms with Gasteiger partial charge in [-0.15, -0.1) is 24.0 Å². The number of nitrogens with one attached hydrogen (secondary N) is 2. The first-order valence-corrected chi connectivity index (χ1v) is 11.2. The van der Waals surface area contributed by atoms with Gasteiger partial charge in [0.2, 0.25) is 0 Å². The molecule has 0 radical (unpaired) electrons. The Labute approximate surface area is 209 Å². The Morgan fingerprint density at radius 1 is 1.00 bits per heavy atom. The number of benzene rings is 2. The molecule has 0 amide bonds. The Morgan fingerprint density at radius 2 is 1.72 bits per heavy atom. The van der Waals surface area contributed by atoms with Crippen LogP contribution in [0.25, 0.3) is 0 Å². The lowest BCUT2D eigenvalue weighted by Gasteiger charge is -2.33. The molecule has 7 heteroatoms. The van der Waals surface area contributed by atoms with E-state index in [1.54, 1.807) is 14.2 Å². The zero-order valence-corrected chi connectivity index (χ0v) is 21.8. The fourth-order valence-electron chi connectivity index (χ4n) is 3.92. The lowest BCUT2D eigenvalue weighted by Crippen LogP contribution is -2.48. The van der Waals surface area contributed by atoms with E-state index >= 15 is 0 Å². The molecule has 176 valence electrons. The van der Waals surface area contributed by atoms with Gasteiger partial charge in [0.05, 0.1) is 14.2 Å². The zero-order chi connectivity index (χ0) is 21.9. The van der Waals surface area contributed by atoms with Crippen molar-refractivity contribution in [2.45, 2.75) is 38.8 Å². The largest absolute Gasteiger partial charge is 0.493 e. The standard InChI is InChI=1S/C25H36N4O2.HI/c1-4-26-25(27-15-12-20-10-11-23(30-2)24(18-20)31-3)28-22-13-16-29(17-14-22)19-21-8-6-5-7-9-21;/h5-11,18,22H,4,12-17,19H2,1-3H3,(H2,26,27,28);1H. The number of nitrogens with zero attached hydrogens (tertiary/aromatic N) is 2. The number of likely N-dealkylation sites (tertiary alicyclic amines) is 1. The van der Waals surface area contributed by atoms with Gasteiger partial charge in [0, 0.05) is 38.8 Å². The SMILES string of the molecule is CCNC(=NCCc1ccc(OC)c(OC)c1)NC1CCN(Cc2ccccc2)CC1.I. The molecular formula is C25H37IN4O2. The van der Waals surface area contributed by atoms with Crippen LogP contribution >= 0.6 is 24.0 Å². The molecule has 3 rings (SSSR count). The summed E-state index contributed by atoms with van der Waals surface area (Å²) >= 11 is 0. The number of hydrogen-bond donors (Lipinski definition) is 2. The van der Waals surface area contributed by atoms with Crippen molar-refractivity contribution in [2.75, 3.05) is 40.4 Å². The van der Waals surface area contributed by atoms with Gasteiger partial charge in [-0.3, -0.25) is 9.89 Å². The van der Waals surface area contributed by atoms with Crippen LogP contribution < -0.4 is 20.1 Å². The van der Waals surface area contributed by atoms with E-state index in [-0.39, 0.29) is 24.0 Å². The molecule has 0 aromatic heterocycles. The normalized spacial score (nSPS) is 15.0. The maximum atomic E-state index is 5.40. The molecule has 2 aromatic rings. The Hall–Kier alpha value is -2.00. The molecule has 1 aliphatic rings. The van der Waals surface area contributed by atoms with Gasteiger partial charge < -0.3 is 20.1 Å². The Bertz CT molecular complexity index is 824. The van der Waals surface area contributed by atoms with Crippen molar-refractivity contribution in [3.63, 3.8) is 0 Å². The maximum absolute atomic E-state index is 5.40. The van der Waals surface area contributed by atoms with Crippen LogP contribution in [0.3, 0.4) is 0 Å². The fourth-order valence-corrected chi connectivity index (χ4v) is 3.92. The third-order valence-corrected chi connectivity index (χ3v) is 5.64. The summed E-state index contributed by atoms with van der Waals surface area (Å²) in [7, 11) is 3.32. The smallest absolute Gasteiger partial charge is 0.191 e. The van der Waals surface area contributed by atoms with Crippen molar-refractivity contribution in [1.82, 2.24) is 15.5 Å². The summed E-state index contributed by atoms with van der Waals surface area (Å²) in [6.07, 6.45) is 3.12. The number of guanidine groups is 1. The average molecular weight is 553 g/mol. The molecule has 1 saturated heterocycles. The average Bonchev–Trinajstić information content (AvgIpc) is 2.81. The minimum absolute atomic E-state index is 0. The fraction of sp³-hybridized carbons (Fsp3) is 0.480. The van der Waals surface area contributed by atoms with Crippen molar-refractivity contribution in [1.29, 1.82) is 0 Å². The highest BCUT2D eigenvalue weighted by Gasteiger charge is 2.20. The third-order valence-electron chi connectivity index (χ3n) is 5.64. The second kappa shape index (κ2) is 14.2. The number of methoxy groups -OCH3 is 2. The maximum Gasteiger partial charge on any atom is 0.191 e. The van der Waals surface area contributed by atoms with E-state index < -0.39 is 0 Å². The highest BCUT2D eigenvalue weighted by atomic mass is 127. The molecule has 0 bridgehead atoms. The van der Waals surface area contributed by atoms with E-state index in [2.05, 4.69) is 58.9 Å². The van der Waals surface area contributed by atoms with Gasteiger partial charge in [-0.2, -0.15) is 0 Å². The van der Waals surface area contributed by atoms with Gasteiger partial charge >= 0.3 is 0 Å². The van der Waals surface area contributed by atoms with Gasteiger partial charge in [-0.05, 0) is 49.4 Å². The van der Waals surface area contributed by atoms with E-state index in [0.717, 1.165) is 69.4 Å². The Morgan fingerprint density at radius 3 is 2.38 bits per heavy atom. The monoisotopic (exact) mass is 552 g/mol. The quantitative estimate of drug-likeness (QED) is 0.279. The van der Waals surface area contributed by atoms with Gasteiger partial charge in [0.25, 0.3) is 0 Å². The first-order valence-electron chi connectivity index (χ1n) is 11.2. The van der Waals surface area contributed by atoms with Crippen molar-refractivity contribution in [2.24, 2.45) is 4.99 Å². The van der Waals surface area contributed by atoms with Gasteiger partial charge in [0.1, 0.15) is 0 Å². The van der Waals surface area contributed by atoms with Crippen molar-refractivity contribution in [3.8, 4) is 11.5 Å². The van der Waals surface area contributed by atoms with Crippen LogP contribution in [0.15, 0.2) is 53.5 Å². The molecular weight excluding hydrogens is 515 g/mol. The number of hydrogen-bond acceptors (Lipinski definition) is 4. The number of halogens is 1. The molecule has 0 spiro atoms. The van der Waals surface area contributed by atoms with Crippen molar-refractivity contribution >= 4 is 29.9 Å². The lowest BCUT2D eigenvalue weighted by atomic mass is 10.0. The topological polar surface area (TPSA) is 58.1 Å². The first-order chi connectivity index (χ1) is 15.2. The zero-order valence-electron chi connectivity index (χ0n) is 19.5. The first kappa shape index (κ1) is 26.3. The molecule has 1 heterocycles. The number of ether oxygens (including phenoxy) is 2. The van der Waals surface area contributed by atoms with Crippen LogP contribution in [0.4, 0.5) is 0 Å². The van der Waals surface area contributed by atoms with Crippen LogP contribution in [0.5, 0.6) is 11.5 Å². The summed E-state index contributed by atoms with van der Waals surface area (Å²) in [5.41, 5.74) is 2.57. The number of rotatable bonds is 9. The molecule has 0 unspecified atom stereocenters. The van der Waals surface area contributed by atoms with E-state index in [0.29, 0.717) is 6.04 Å². The van der Waals surface area contributed by atoms with Crippen molar-refractivity contribution in [3.05, 3.63) is 59.7 Å². The van der Waals surface area contributed by atoms with Crippen molar-refractivity contribution < 1.29 is 9.47 Å². The molecule has 1 aliphatic heterocycles. The molecule has 2 N–H and O–H groups in total. The number of aliphatic imine (C=N–C) groups is 1. The van der Waals surface area contributed by atoms with Gasteiger partial charge in [0.15, 0.2) is 17.5 Å². The second-order valence-corrected chi connectivity index (χ2v) is 7.88. The summed E-state index contributed by atoms with van der Waals surface area (Å²) in [6.45, 7) is 6.93. The Balaban J connectivity index is 0.00000363. The minimum atomic E-state index is 0. The molecule has 2 aromatic carbocycles. The third kappa shape index (κ3) is 8.16. The number of piperidine rings is 1. The summed E-state index contributed by atoms with van der Waals surface area (Å²) in [5.74, 6) is 2.42. The van der Waals surface area contributed by atoms with Crippen LogP contribution in [0, 0.1) is 0 Å². The van der Waals surface area contributed by atoms with E-state index in [9.17, 15) is 0 Å². The van der Waals surface area contributed by atoms with Crippen LogP contribution in [-0.4, -0.2) is 57.3 Å². The second-order valence-electron chi connectivity index (χ2n) is 7.88. The molecule has 0 saturated carbocycles. The van der Waals surface area contributed by atoms with Crippen LogP contribution in [-0.2, 0) is 13.0 Å². The van der Waals surface area contributed by atoms with E-state index in [4.69, 9.17) is 14.5 Å². The summed E-state index contributed by atoms with van der Waals surface area (Å²) in [5, 5.41) is 7.02. The summed E-state index contributed by atoms with van der Waals surface area (Å²) in [4.78, 5) is 7.33. The molecule has 32 heavy (non-hydrogen) atoms. The highest BCUT2D eigenvalue weighted by Crippen LogP contribution is 2.27. The van der Waals surface area contributed by atoms with Gasteiger partial charge in [-0.1, -0.05) is 36.4 Å².